The molecular weight excluding hydrogens is 343 g/mol. The lowest BCUT2D eigenvalue weighted by Gasteiger charge is -2.26. The SMILES string of the molecule is COc1cccc(CN2CC[C@H]3[C@@H]2CCN3c2ncc(Cl)cc2F)n1. The molecule has 0 saturated carbocycles. The zero-order valence-corrected chi connectivity index (χ0v) is 14.8. The van der Waals surface area contributed by atoms with Crippen molar-refractivity contribution in [2.24, 2.45) is 0 Å². The molecule has 7 heteroatoms. The fourth-order valence-electron chi connectivity index (χ4n) is 4.02. The second-order valence-corrected chi connectivity index (χ2v) is 6.94. The molecule has 0 aliphatic carbocycles. The molecule has 4 rings (SSSR count). The van der Waals surface area contributed by atoms with Gasteiger partial charge in [0.05, 0.1) is 17.8 Å². The van der Waals surface area contributed by atoms with Crippen LogP contribution in [0.1, 0.15) is 18.5 Å². The molecule has 0 spiro atoms. The van der Waals surface area contributed by atoms with Gasteiger partial charge in [-0.2, -0.15) is 0 Å². The first-order valence-electron chi connectivity index (χ1n) is 8.47. The van der Waals surface area contributed by atoms with Crippen molar-refractivity contribution in [3.63, 3.8) is 0 Å². The van der Waals surface area contributed by atoms with Crippen molar-refractivity contribution in [2.45, 2.75) is 31.5 Å². The summed E-state index contributed by atoms with van der Waals surface area (Å²) in [6.45, 7) is 2.56. The van der Waals surface area contributed by atoms with Crippen molar-refractivity contribution in [3.05, 3.63) is 47.0 Å². The van der Waals surface area contributed by atoms with Gasteiger partial charge in [-0.3, -0.25) is 4.90 Å². The van der Waals surface area contributed by atoms with Gasteiger partial charge in [-0.1, -0.05) is 17.7 Å². The van der Waals surface area contributed by atoms with E-state index in [0.717, 1.165) is 38.2 Å². The molecule has 132 valence electrons. The number of halogens is 2. The van der Waals surface area contributed by atoms with Crippen LogP contribution in [-0.4, -0.2) is 47.2 Å². The minimum atomic E-state index is -0.346. The van der Waals surface area contributed by atoms with Crippen LogP contribution in [-0.2, 0) is 6.54 Å². The number of likely N-dealkylation sites (tertiary alicyclic amines) is 1. The van der Waals surface area contributed by atoms with Gasteiger partial charge in [-0.05, 0) is 25.0 Å². The summed E-state index contributed by atoms with van der Waals surface area (Å²) in [4.78, 5) is 13.3. The number of hydrogen-bond acceptors (Lipinski definition) is 5. The number of pyridine rings is 2. The minimum Gasteiger partial charge on any atom is -0.481 e. The van der Waals surface area contributed by atoms with Gasteiger partial charge in [-0.15, -0.1) is 0 Å². The molecule has 2 aromatic heterocycles. The quantitative estimate of drug-likeness (QED) is 0.835. The molecule has 5 nitrogen and oxygen atoms in total. The summed E-state index contributed by atoms with van der Waals surface area (Å²) < 4.78 is 19.5. The number of nitrogens with zero attached hydrogens (tertiary/aromatic N) is 4. The summed E-state index contributed by atoms with van der Waals surface area (Å²) >= 11 is 5.83. The molecule has 4 heterocycles. The van der Waals surface area contributed by atoms with E-state index in [0.29, 0.717) is 22.8 Å². The third kappa shape index (κ3) is 3.16. The minimum absolute atomic E-state index is 0.286. The van der Waals surface area contributed by atoms with E-state index in [2.05, 4.69) is 19.8 Å². The molecular formula is C18H20ClFN4O. The lowest BCUT2D eigenvalue weighted by atomic mass is 10.1. The van der Waals surface area contributed by atoms with Gasteiger partial charge < -0.3 is 9.64 Å². The van der Waals surface area contributed by atoms with E-state index in [1.54, 1.807) is 7.11 Å². The van der Waals surface area contributed by atoms with E-state index < -0.39 is 0 Å². The second-order valence-electron chi connectivity index (χ2n) is 6.51. The first-order chi connectivity index (χ1) is 12.2. The molecule has 2 fully saturated rings. The zero-order chi connectivity index (χ0) is 17.4. The topological polar surface area (TPSA) is 41.5 Å². The smallest absolute Gasteiger partial charge is 0.213 e. The highest BCUT2D eigenvalue weighted by molar-refractivity contribution is 6.30. The maximum Gasteiger partial charge on any atom is 0.213 e. The Balaban J connectivity index is 1.49. The highest BCUT2D eigenvalue weighted by atomic mass is 35.5. The molecule has 0 aromatic carbocycles. The Kier molecular flexibility index (Phi) is 4.48. The van der Waals surface area contributed by atoms with Crippen LogP contribution in [0.15, 0.2) is 30.5 Å². The maximum absolute atomic E-state index is 14.3. The first kappa shape index (κ1) is 16.5. The van der Waals surface area contributed by atoms with Gasteiger partial charge in [0.15, 0.2) is 11.6 Å². The largest absolute Gasteiger partial charge is 0.481 e. The molecule has 25 heavy (non-hydrogen) atoms. The average molecular weight is 363 g/mol. The maximum atomic E-state index is 14.3. The predicted molar refractivity (Wildman–Crippen MR) is 94.6 cm³/mol. The lowest BCUT2D eigenvalue weighted by molar-refractivity contribution is 0.242. The summed E-state index contributed by atoms with van der Waals surface area (Å²) in [5.41, 5.74) is 0.995. The number of hydrogen-bond donors (Lipinski definition) is 0. The Labute approximate surface area is 151 Å². The van der Waals surface area contributed by atoms with Crippen LogP contribution in [0.4, 0.5) is 10.2 Å². The molecule has 0 N–H and O–H groups in total. The Hall–Kier alpha value is -1.92. The number of anilines is 1. The van der Waals surface area contributed by atoms with Gasteiger partial charge in [0.25, 0.3) is 0 Å². The third-order valence-corrected chi connectivity index (χ3v) is 5.31. The van der Waals surface area contributed by atoms with Crippen LogP contribution in [0.25, 0.3) is 0 Å². The third-order valence-electron chi connectivity index (χ3n) is 5.11. The summed E-state index contributed by atoms with van der Waals surface area (Å²) in [6, 6.07) is 7.84. The molecule has 0 amide bonds. The molecule has 0 radical (unpaired) electrons. The molecule has 2 atom stereocenters. The Morgan fingerprint density at radius 1 is 1.28 bits per heavy atom. The molecule has 2 aliphatic heterocycles. The van der Waals surface area contributed by atoms with E-state index in [9.17, 15) is 4.39 Å². The first-order valence-corrected chi connectivity index (χ1v) is 8.85. The Morgan fingerprint density at radius 3 is 2.92 bits per heavy atom. The molecule has 0 bridgehead atoms. The van der Waals surface area contributed by atoms with Crippen LogP contribution in [0.3, 0.4) is 0 Å². The zero-order valence-electron chi connectivity index (χ0n) is 14.0. The van der Waals surface area contributed by atoms with Crippen molar-refractivity contribution in [1.82, 2.24) is 14.9 Å². The van der Waals surface area contributed by atoms with Gasteiger partial charge in [0.2, 0.25) is 5.88 Å². The van der Waals surface area contributed by atoms with Crippen molar-refractivity contribution in [3.8, 4) is 5.88 Å². The van der Waals surface area contributed by atoms with Gasteiger partial charge in [-0.25, -0.2) is 14.4 Å². The van der Waals surface area contributed by atoms with Crippen molar-refractivity contribution in [1.29, 1.82) is 0 Å². The Bertz CT molecular complexity index is 774. The highest BCUT2D eigenvalue weighted by Gasteiger charge is 2.43. The predicted octanol–water partition coefficient (Wildman–Crippen LogP) is 3.13. The van der Waals surface area contributed by atoms with Crippen LogP contribution in [0.2, 0.25) is 5.02 Å². The van der Waals surface area contributed by atoms with Crippen molar-refractivity contribution >= 4 is 17.4 Å². The number of methoxy groups -OCH3 is 1. The fourth-order valence-corrected chi connectivity index (χ4v) is 4.17. The van der Waals surface area contributed by atoms with Crippen LogP contribution in [0.5, 0.6) is 5.88 Å². The van der Waals surface area contributed by atoms with Gasteiger partial charge >= 0.3 is 0 Å². The van der Waals surface area contributed by atoms with Gasteiger partial charge in [0.1, 0.15) is 0 Å². The standard InChI is InChI=1S/C18H20ClFN4O/c1-25-17-4-2-3-13(22-17)11-23-7-5-16-15(23)6-8-24(16)18-14(20)9-12(19)10-21-18/h2-4,9-10,15-16H,5-8,11H2,1H3/t15-,16-/m0/s1. The monoisotopic (exact) mass is 362 g/mol. The second kappa shape index (κ2) is 6.77. The average Bonchev–Trinajstić information content (AvgIpc) is 3.19. The van der Waals surface area contributed by atoms with Crippen molar-refractivity contribution in [2.75, 3.05) is 25.1 Å². The number of rotatable bonds is 4. The van der Waals surface area contributed by atoms with Crippen LogP contribution >= 0.6 is 11.6 Å². The van der Waals surface area contributed by atoms with E-state index in [1.807, 2.05) is 18.2 Å². The van der Waals surface area contributed by atoms with E-state index >= 15 is 0 Å². The molecule has 2 aromatic rings. The number of ether oxygens (including phenoxy) is 1. The summed E-state index contributed by atoms with van der Waals surface area (Å²) in [7, 11) is 1.63. The Morgan fingerprint density at radius 2 is 2.12 bits per heavy atom. The van der Waals surface area contributed by atoms with Crippen LogP contribution < -0.4 is 9.64 Å². The molecule has 0 unspecified atom stereocenters. The lowest BCUT2D eigenvalue weighted by Crippen LogP contribution is -2.37. The molecule has 2 aliphatic rings. The summed E-state index contributed by atoms with van der Waals surface area (Å²) in [5.74, 6) is 0.702. The van der Waals surface area contributed by atoms with E-state index in [4.69, 9.17) is 16.3 Å². The fraction of sp³-hybridized carbons (Fsp3) is 0.444. The summed E-state index contributed by atoms with van der Waals surface area (Å²) in [6.07, 6.45) is 3.51. The normalized spacial score (nSPS) is 23.1. The van der Waals surface area contributed by atoms with Crippen LogP contribution in [0, 0.1) is 5.82 Å². The van der Waals surface area contributed by atoms with E-state index in [1.165, 1.54) is 12.3 Å². The van der Waals surface area contributed by atoms with Crippen molar-refractivity contribution < 1.29 is 9.13 Å². The highest BCUT2D eigenvalue weighted by Crippen LogP contribution is 2.36. The van der Waals surface area contributed by atoms with Gasteiger partial charge in [0, 0.05) is 44.0 Å². The summed E-state index contributed by atoms with van der Waals surface area (Å²) in [5, 5.41) is 0.328. The number of fused-ring (bicyclic) bond motifs is 1. The number of aromatic nitrogens is 2. The molecule has 2 saturated heterocycles. The van der Waals surface area contributed by atoms with E-state index in [-0.39, 0.29) is 11.9 Å².